The molecule has 0 radical (unpaired) electrons. The standard InChI is InChI=1S/C38H53N/c1-11-35(4,5)37(8,9)38(24-26-39(10)27-25-38)34-22-18-32(19-23-34)30-14-12-29(13-15-30)31-16-20-33(21-17-31)36(6,7)28(2)3/h12-23,28H,11,24-27H2,1-10H3. The van der Waals surface area contributed by atoms with Gasteiger partial charge in [-0.25, -0.2) is 0 Å². The summed E-state index contributed by atoms with van der Waals surface area (Å²) >= 11 is 0. The van der Waals surface area contributed by atoms with Gasteiger partial charge < -0.3 is 4.90 Å². The van der Waals surface area contributed by atoms with E-state index in [1.165, 1.54) is 65.7 Å². The number of likely N-dealkylation sites (tertiary alicyclic amines) is 1. The minimum absolute atomic E-state index is 0.183. The van der Waals surface area contributed by atoms with Crippen LogP contribution in [0.15, 0.2) is 72.8 Å². The van der Waals surface area contributed by atoms with Gasteiger partial charge in [0.1, 0.15) is 0 Å². The molecule has 3 aromatic carbocycles. The molecule has 0 unspecified atom stereocenters. The van der Waals surface area contributed by atoms with Gasteiger partial charge in [0.25, 0.3) is 0 Å². The van der Waals surface area contributed by atoms with Gasteiger partial charge in [0.05, 0.1) is 0 Å². The second kappa shape index (κ2) is 10.9. The van der Waals surface area contributed by atoms with E-state index in [1.54, 1.807) is 0 Å². The summed E-state index contributed by atoms with van der Waals surface area (Å²) in [5.74, 6) is 0.604. The molecule has 39 heavy (non-hydrogen) atoms. The lowest BCUT2D eigenvalue weighted by molar-refractivity contribution is -0.0253. The molecule has 1 fully saturated rings. The van der Waals surface area contributed by atoms with Crippen LogP contribution < -0.4 is 0 Å². The van der Waals surface area contributed by atoms with Crippen LogP contribution in [0.3, 0.4) is 0 Å². The molecule has 1 saturated heterocycles. The highest BCUT2D eigenvalue weighted by molar-refractivity contribution is 5.71. The van der Waals surface area contributed by atoms with Crippen LogP contribution in [0.5, 0.6) is 0 Å². The summed E-state index contributed by atoms with van der Waals surface area (Å²) in [6.07, 6.45) is 3.64. The maximum Gasteiger partial charge on any atom is 0.00335 e. The van der Waals surface area contributed by atoms with Crippen LogP contribution in [0.4, 0.5) is 0 Å². The first kappa shape index (κ1) is 29.6. The highest BCUT2D eigenvalue weighted by Gasteiger charge is 2.53. The van der Waals surface area contributed by atoms with Crippen LogP contribution in [-0.4, -0.2) is 25.0 Å². The molecular weight excluding hydrogens is 470 g/mol. The molecular formula is C38H53N. The number of piperidine rings is 1. The molecule has 0 bridgehead atoms. The first-order chi connectivity index (χ1) is 18.2. The van der Waals surface area contributed by atoms with E-state index in [9.17, 15) is 0 Å². The van der Waals surface area contributed by atoms with Crippen molar-refractivity contribution in [2.45, 2.75) is 92.4 Å². The summed E-state index contributed by atoms with van der Waals surface area (Å²) < 4.78 is 0. The fourth-order valence-electron chi connectivity index (χ4n) is 6.63. The molecule has 0 spiro atoms. The largest absolute Gasteiger partial charge is 0.306 e. The molecule has 1 nitrogen and oxygen atoms in total. The fraction of sp³-hybridized carbons (Fsp3) is 0.526. The minimum Gasteiger partial charge on any atom is -0.306 e. The number of nitrogens with zero attached hydrogens (tertiary/aromatic N) is 1. The number of hydrogen-bond acceptors (Lipinski definition) is 1. The van der Waals surface area contributed by atoms with E-state index in [0.29, 0.717) is 5.92 Å². The minimum atomic E-state index is 0.183. The zero-order valence-corrected chi connectivity index (χ0v) is 26.5. The van der Waals surface area contributed by atoms with Crippen molar-refractivity contribution in [3.63, 3.8) is 0 Å². The van der Waals surface area contributed by atoms with Gasteiger partial charge in [-0.1, -0.05) is 142 Å². The van der Waals surface area contributed by atoms with Crippen LogP contribution in [-0.2, 0) is 10.8 Å². The Bertz CT molecular complexity index is 1220. The van der Waals surface area contributed by atoms with Crippen LogP contribution in [0.25, 0.3) is 22.3 Å². The zero-order valence-electron chi connectivity index (χ0n) is 26.5. The Morgan fingerprint density at radius 2 is 1.05 bits per heavy atom. The lowest BCUT2D eigenvalue weighted by Crippen LogP contribution is -2.55. The molecule has 0 saturated carbocycles. The van der Waals surface area contributed by atoms with E-state index in [0.717, 1.165) is 0 Å². The monoisotopic (exact) mass is 523 g/mol. The second-order valence-electron chi connectivity index (χ2n) is 14.4. The molecule has 1 aliphatic heterocycles. The molecule has 0 amide bonds. The lowest BCUT2D eigenvalue weighted by Gasteiger charge is -2.58. The second-order valence-corrected chi connectivity index (χ2v) is 14.4. The predicted molar refractivity (Wildman–Crippen MR) is 171 cm³/mol. The molecule has 1 aliphatic rings. The Balaban J connectivity index is 1.59. The fourth-order valence-corrected chi connectivity index (χ4v) is 6.63. The average molecular weight is 524 g/mol. The van der Waals surface area contributed by atoms with Crippen LogP contribution in [0.2, 0.25) is 0 Å². The highest BCUT2D eigenvalue weighted by Crippen LogP contribution is 2.58. The summed E-state index contributed by atoms with van der Waals surface area (Å²) in [5, 5.41) is 0. The third-order valence-corrected chi connectivity index (χ3v) is 11.7. The van der Waals surface area contributed by atoms with Crippen molar-refractivity contribution >= 4 is 0 Å². The van der Waals surface area contributed by atoms with Gasteiger partial charge >= 0.3 is 0 Å². The molecule has 4 rings (SSSR count). The van der Waals surface area contributed by atoms with Gasteiger partial charge in [0, 0.05) is 5.41 Å². The molecule has 0 aromatic heterocycles. The van der Waals surface area contributed by atoms with E-state index in [1.807, 2.05) is 0 Å². The topological polar surface area (TPSA) is 3.24 Å². The Hall–Kier alpha value is -2.38. The maximum absolute atomic E-state index is 2.53. The quantitative estimate of drug-likeness (QED) is 0.284. The van der Waals surface area contributed by atoms with Crippen molar-refractivity contribution in [3.8, 4) is 22.3 Å². The summed E-state index contributed by atoms with van der Waals surface area (Å²) in [4.78, 5) is 2.50. The average Bonchev–Trinajstić information content (AvgIpc) is 2.93. The van der Waals surface area contributed by atoms with E-state index >= 15 is 0 Å². The van der Waals surface area contributed by atoms with Gasteiger partial charge in [0.2, 0.25) is 0 Å². The van der Waals surface area contributed by atoms with Gasteiger partial charge in [-0.2, -0.15) is 0 Å². The normalized spacial score (nSPS) is 17.0. The first-order valence-electron chi connectivity index (χ1n) is 15.3. The maximum atomic E-state index is 2.53. The zero-order chi connectivity index (χ0) is 28.6. The summed E-state index contributed by atoms with van der Waals surface area (Å²) in [6.45, 7) is 24.0. The van der Waals surface area contributed by atoms with Crippen LogP contribution in [0.1, 0.15) is 92.7 Å². The Morgan fingerprint density at radius 3 is 1.44 bits per heavy atom. The van der Waals surface area contributed by atoms with Crippen LogP contribution in [0, 0.1) is 16.7 Å². The van der Waals surface area contributed by atoms with E-state index < -0.39 is 0 Å². The van der Waals surface area contributed by atoms with Gasteiger partial charge in [-0.15, -0.1) is 0 Å². The third kappa shape index (κ3) is 5.37. The number of rotatable bonds is 8. The van der Waals surface area contributed by atoms with Crippen LogP contribution >= 0.6 is 0 Å². The lowest BCUT2D eigenvalue weighted by atomic mass is 9.48. The van der Waals surface area contributed by atoms with E-state index in [2.05, 4.69) is 147 Å². The van der Waals surface area contributed by atoms with Crippen molar-refractivity contribution in [1.82, 2.24) is 4.90 Å². The summed E-state index contributed by atoms with van der Waals surface area (Å²) in [7, 11) is 2.27. The number of hydrogen-bond donors (Lipinski definition) is 0. The molecule has 0 N–H and O–H groups in total. The van der Waals surface area contributed by atoms with Crippen molar-refractivity contribution in [1.29, 1.82) is 0 Å². The number of benzene rings is 3. The Kier molecular flexibility index (Phi) is 8.26. The SMILES string of the molecule is CCC(C)(C)C(C)(C)C1(c2ccc(-c3ccc(-c4ccc(C(C)(C)C(C)C)cc4)cc3)cc2)CCN(C)CC1. The molecule has 210 valence electrons. The van der Waals surface area contributed by atoms with Crippen molar-refractivity contribution in [2.24, 2.45) is 16.7 Å². The first-order valence-corrected chi connectivity index (χ1v) is 15.3. The molecule has 1 heterocycles. The van der Waals surface area contributed by atoms with Gasteiger partial charge in [0.15, 0.2) is 0 Å². The predicted octanol–water partition coefficient (Wildman–Crippen LogP) is 10.4. The van der Waals surface area contributed by atoms with Crippen molar-refractivity contribution in [3.05, 3.63) is 83.9 Å². The highest BCUT2D eigenvalue weighted by atomic mass is 15.1. The van der Waals surface area contributed by atoms with Crippen molar-refractivity contribution < 1.29 is 0 Å². The van der Waals surface area contributed by atoms with E-state index in [-0.39, 0.29) is 21.7 Å². The smallest absolute Gasteiger partial charge is 0.00335 e. The third-order valence-electron chi connectivity index (χ3n) is 11.7. The Labute approximate surface area is 240 Å². The van der Waals surface area contributed by atoms with E-state index in [4.69, 9.17) is 0 Å². The Morgan fingerprint density at radius 1 is 0.667 bits per heavy atom. The van der Waals surface area contributed by atoms with Gasteiger partial charge in [-0.05, 0) is 88.5 Å². The molecule has 3 aromatic rings. The summed E-state index contributed by atoms with van der Waals surface area (Å²) in [5.41, 5.74) is 8.91. The molecule has 0 atom stereocenters. The molecule has 0 aliphatic carbocycles. The molecule has 1 heteroatoms. The summed E-state index contributed by atoms with van der Waals surface area (Å²) in [6, 6.07) is 27.9. The van der Waals surface area contributed by atoms with Crippen molar-refractivity contribution in [2.75, 3.05) is 20.1 Å². The van der Waals surface area contributed by atoms with Gasteiger partial charge in [-0.3, -0.25) is 0 Å².